The van der Waals surface area contributed by atoms with Crippen LogP contribution in [0.4, 0.5) is 5.82 Å². The summed E-state index contributed by atoms with van der Waals surface area (Å²) in [6, 6.07) is 6.69. The highest BCUT2D eigenvalue weighted by atomic mass is 127. The minimum Gasteiger partial charge on any atom is -0.356 e. The number of halogens is 1. The van der Waals surface area contributed by atoms with Crippen LogP contribution in [0.3, 0.4) is 0 Å². The Hall–Kier alpha value is -1.07. The molecule has 0 aromatic carbocycles. The lowest BCUT2D eigenvalue weighted by atomic mass is 10.1. The van der Waals surface area contributed by atoms with Crippen LogP contribution in [0, 0.1) is 6.92 Å². The van der Waals surface area contributed by atoms with Crippen molar-refractivity contribution in [2.75, 3.05) is 37.3 Å². The molecule has 0 bridgehead atoms. The van der Waals surface area contributed by atoms with Crippen molar-refractivity contribution >= 4 is 58.9 Å². The Kier molecular flexibility index (Phi) is 10.3. The minimum atomic E-state index is 0. The van der Waals surface area contributed by atoms with E-state index < -0.39 is 0 Å². The maximum absolute atomic E-state index is 4.64. The van der Waals surface area contributed by atoms with E-state index in [-0.39, 0.29) is 24.0 Å². The Balaban J connectivity index is 0.00000280. The van der Waals surface area contributed by atoms with Gasteiger partial charge in [-0.3, -0.25) is 4.99 Å². The molecular weight excluding hydrogens is 503 g/mol. The predicted molar refractivity (Wildman–Crippen MR) is 132 cm³/mol. The first-order valence-corrected chi connectivity index (χ1v) is 11.3. The molecule has 1 fully saturated rings. The average molecular weight is 533 g/mol. The number of thiazole rings is 1. The molecule has 6 nitrogen and oxygen atoms in total. The average Bonchev–Trinajstić information content (AvgIpc) is 3.21. The normalized spacial score (nSPS) is 15.2. The van der Waals surface area contributed by atoms with Crippen molar-refractivity contribution in [3.8, 4) is 0 Å². The molecular formula is C19H29IN6S2. The number of pyridine rings is 1. The Labute approximate surface area is 193 Å². The molecule has 1 aliphatic heterocycles. The zero-order chi connectivity index (χ0) is 18.9. The van der Waals surface area contributed by atoms with Crippen molar-refractivity contribution in [3.05, 3.63) is 35.5 Å². The Bertz CT molecular complexity index is 717. The van der Waals surface area contributed by atoms with Gasteiger partial charge in [0.25, 0.3) is 0 Å². The second-order valence-electron chi connectivity index (χ2n) is 6.54. The van der Waals surface area contributed by atoms with E-state index in [1.807, 2.05) is 43.4 Å². The van der Waals surface area contributed by atoms with Crippen LogP contribution in [0.25, 0.3) is 0 Å². The maximum atomic E-state index is 4.64. The van der Waals surface area contributed by atoms with Crippen LogP contribution in [0.1, 0.15) is 25.0 Å². The summed E-state index contributed by atoms with van der Waals surface area (Å²) in [6.45, 7) is 5.01. The third kappa shape index (κ3) is 7.40. The number of nitrogens with zero attached hydrogens (tertiary/aromatic N) is 4. The molecule has 0 amide bonds. The van der Waals surface area contributed by atoms with E-state index in [4.69, 9.17) is 0 Å². The SMILES string of the molecule is CN=C(NCCCSc1nccs1)NC1CCN(c2cccc(C)n2)CC1.I. The number of aliphatic imine (C=N–C) groups is 1. The van der Waals surface area contributed by atoms with Crippen molar-refractivity contribution in [2.45, 2.75) is 36.6 Å². The molecule has 1 aliphatic rings. The zero-order valence-electron chi connectivity index (χ0n) is 16.4. The fourth-order valence-corrected chi connectivity index (χ4v) is 4.71. The fourth-order valence-electron chi connectivity index (χ4n) is 3.07. The number of aryl methyl sites for hydroxylation is 1. The first-order valence-electron chi connectivity index (χ1n) is 9.42. The number of nitrogens with one attached hydrogen (secondary N) is 2. The molecule has 2 N–H and O–H groups in total. The highest BCUT2D eigenvalue weighted by Gasteiger charge is 2.20. The van der Waals surface area contributed by atoms with Gasteiger partial charge in [0, 0.05) is 55.7 Å². The standard InChI is InChI=1S/C19H28N6S2.HI/c1-15-5-3-6-17(23-15)25-11-7-16(8-12-25)24-18(20-2)21-9-4-13-26-19-22-10-14-27-19;/h3,5-6,10,14,16H,4,7-9,11-13H2,1-2H3,(H2,20,21,24);1H. The van der Waals surface area contributed by atoms with Gasteiger partial charge in [-0.15, -0.1) is 35.3 Å². The van der Waals surface area contributed by atoms with Crippen molar-refractivity contribution < 1.29 is 0 Å². The number of hydrogen-bond donors (Lipinski definition) is 2. The Morgan fingerprint density at radius 1 is 1.36 bits per heavy atom. The van der Waals surface area contributed by atoms with Gasteiger partial charge in [0.1, 0.15) is 10.2 Å². The molecule has 2 aromatic rings. The van der Waals surface area contributed by atoms with Crippen molar-refractivity contribution in [3.63, 3.8) is 0 Å². The topological polar surface area (TPSA) is 65.4 Å². The summed E-state index contributed by atoms with van der Waals surface area (Å²) in [5, 5.41) is 9.02. The number of hydrogen-bond acceptors (Lipinski definition) is 6. The second-order valence-corrected chi connectivity index (χ2v) is 8.78. The van der Waals surface area contributed by atoms with Crippen LogP contribution < -0.4 is 15.5 Å². The molecule has 0 saturated carbocycles. The van der Waals surface area contributed by atoms with Crippen LogP contribution in [0.5, 0.6) is 0 Å². The predicted octanol–water partition coefficient (Wildman–Crippen LogP) is 3.78. The van der Waals surface area contributed by atoms with Gasteiger partial charge in [-0.1, -0.05) is 17.8 Å². The second kappa shape index (κ2) is 12.5. The van der Waals surface area contributed by atoms with Gasteiger partial charge >= 0.3 is 0 Å². The number of aromatic nitrogens is 2. The summed E-state index contributed by atoms with van der Waals surface area (Å²) in [4.78, 5) is 15.7. The lowest BCUT2D eigenvalue weighted by Crippen LogP contribution is -2.49. The molecule has 0 spiro atoms. The Morgan fingerprint density at radius 3 is 2.86 bits per heavy atom. The van der Waals surface area contributed by atoms with Gasteiger partial charge in [0.05, 0.1) is 0 Å². The van der Waals surface area contributed by atoms with Crippen molar-refractivity contribution in [1.29, 1.82) is 0 Å². The van der Waals surface area contributed by atoms with Gasteiger partial charge in [0.2, 0.25) is 0 Å². The fraction of sp³-hybridized carbons (Fsp3) is 0.526. The number of rotatable bonds is 7. The number of guanidine groups is 1. The first-order chi connectivity index (χ1) is 13.2. The largest absolute Gasteiger partial charge is 0.356 e. The van der Waals surface area contributed by atoms with E-state index in [0.29, 0.717) is 6.04 Å². The van der Waals surface area contributed by atoms with E-state index in [1.165, 1.54) is 0 Å². The zero-order valence-corrected chi connectivity index (χ0v) is 20.4. The summed E-state index contributed by atoms with van der Waals surface area (Å²) >= 11 is 3.52. The molecule has 9 heteroatoms. The van der Waals surface area contributed by atoms with Crippen LogP contribution >= 0.6 is 47.1 Å². The van der Waals surface area contributed by atoms with E-state index in [1.54, 1.807) is 11.3 Å². The number of thioether (sulfide) groups is 1. The minimum absolute atomic E-state index is 0. The molecule has 0 unspecified atom stereocenters. The summed E-state index contributed by atoms with van der Waals surface area (Å²) in [6.07, 6.45) is 5.13. The molecule has 3 rings (SSSR count). The summed E-state index contributed by atoms with van der Waals surface area (Å²) < 4.78 is 1.15. The first kappa shape index (κ1) is 23.2. The summed E-state index contributed by atoms with van der Waals surface area (Å²) in [5.74, 6) is 3.06. The van der Waals surface area contributed by atoms with Crippen LogP contribution in [-0.4, -0.2) is 54.4 Å². The number of anilines is 1. The van der Waals surface area contributed by atoms with Crippen LogP contribution in [0.2, 0.25) is 0 Å². The van der Waals surface area contributed by atoms with Gasteiger partial charge in [-0.25, -0.2) is 9.97 Å². The quantitative estimate of drug-likeness (QED) is 0.186. The van der Waals surface area contributed by atoms with Gasteiger partial charge in [0.15, 0.2) is 5.96 Å². The lowest BCUT2D eigenvalue weighted by Gasteiger charge is -2.34. The van der Waals surface area contributed by atoms with Crippen LogP contribution in [-0.2, 0) is 0 Å². The monoisotopic (exact) mass is 532 g/mol. The smallest absolute Gasteiger partial charge is 0.191 e. The molecule has 28 heavy (non-hydrogen) atoms. The Morgan fingerprint density at radius 2 is 2.18 bits per heavy atom. The molecule has 0 radical (unpaired) electrons. The van der Waals surface area contributed by atoms with Crippen molar-refractivity contribution in [1.82, 2.24) is 20.6 Å². The van der Waals surface area contributed by atoms with E-state index >= 15 is 0 Å². The van der Waals surface area contributed by atoms with Gasteiger partial charge in [-0.2, -0.15) is 0 Å². The van der Waals surface area contributed by atoms with Crippen molar-refractivity contribution in [2.24, 2.45) is 4.99 Å². The number of piperidine rings is 1. The molecule has 1 saturated heterocycles. The molecule has 2 aromatic heterocycles. The highest BCUT2D eigenvalue weighted by molar-refractivity contribution is 14.0. The van der Waals surface area contributed by atoms with E-state index in [9.17, 15) is 0 Å². The molecule has 3 heterocycles. The maximum Gasteiger partial charge on any atom is 0.191 e. The third-order valence-electron chi connectivity index (χ3n) is 4.51. The summed E-state index contributed by atoms with van der Waals surface area (Å²) in [5.41, 5.74) is 1.07. The van der Waals surface area contributed by atoms with Gasteiger partial charge < -0.3 is 15.5 Å². The third-order valence-corrected chi connectivity index (χ3v) is 6.56. The van der Waals surface area contributed by atoms with Gasteiger partial charge in [-0.05, 0) is 38.3 Å². The molecule has 0 atom stereocenters. The molecule has 154 valence electrons. The lowest BCUT2D eigenvalue weighted by molar-refractivity contribution is 0.459. The molecule has 0 aliphatic carbocycles. The van der Waals surface area contributed by atoms with E-state index in [0.717, 1.165) is 66.5 Å². The summed E-state index contributed by atoms with van der Waals surface area (Å²) in [7, 11) is 1.84. The van der Waals surface area contributed by atoms with Crippen LogP contribution in [0.15, 0.2) is 39.1 Å². The van der Waals surface area contributed by atoms with E-state index in [2.05, 4.69) is 42.6 Å². The highest BCUT2D eigenvalue weighted by Crippen LogP contribution is 2.20.